The fourth-order valence-corrected chi connectivity index (χ4v) is 1.68. The molecule has 0 saturated heterocycles. The molecule has 10 heavy (non-hydrogen) atoms. The minimum atomic E-state index is 0.732. The van der Waals surface area contributed by atoms with Gasteiger partial charge in [0, 0.05) is 4.47 Å². The molecule has 2 rings (SSSR count). The van der Waals surface area contributed by atoms with Crippen LogP contribution in [0.4, 0.5) is 0 Å². The van der Waals surface area contributed by atoms with Crippen molar-refractivity contribution in [2.75, 3.05) is 0 Å². The SMILES string of the molecule is Brc1ccccc1C1[CH]C1. The van der Waals surface area contributed by atoms with Crippen LogP contribution in [0.25, 0.3) is 0 Å². The van der Waals surface area contributed by atoms with Gasteiger partial charge in [0.15, 0.2) is 0 Å². The first-order chi connectivity index (χ1) is 4.88. The Morgan fingerprint density at radius 1 is 1.30 bits per heavy atom. The highest BCUT2D eigenvalue weighted by molar-refractivity contribution is 9.10. The summed E-state index contributed by atoms with van der Waals surface area (Å²) in [6, 6.07) is 8.42. The second kappa shape index (κ2) is 2.39. The quantitative estimate of drug-likeness (QED) is 0.647. The summed E-state index contributed by atoms with van der Waals surface area (Å²) in [5.41, 5.74) is 1.43. The Kier molecular flexibility index (Phi) is 1.53. The molecule has 1 radical (unpaired) electrons. The van der Waals surface area contributed by atoms with Gasteiger partial charge in [-0.2, -0.15) is 0 Å². The summed E-state index contributed by atoms with van der Waals surface area (Å²) in [5.74, 6) is 0.732. The van der Waals surface area contributed by atoms with Crippen molar-refractivity contribution in [2.24, 2.45) is 0 Å². The third kappa shape index (κ3) is 1.10. The zero-order valence-corrected chi connectivity index (χ0v) is 7.14. The Bertz CT molecular complexity index is 238. The predicted molar refractivity (Wildman–Crippen MR) is 45.8 cm³/mol. The number of hydrogen-bond acceptors (Lipinski definition) is 0. The highest BCUT2D eigenvalue weighted by atomic mass is 79.9. The largest absolute Gasteiger partial charge is 0.0619 e. The van der Waals surface area contributed by atoms with E-state index in [1.54, 1.807) is 0 Å². The zero-order chi connectivity index (χ0) is 6.97. The van der Waals surface area contributed by atoms with E-state index in [0.717, 1.165) is 5.92 Å². The van der Waals surface area contributed by atoms with Crippen LogP contribution in [0, 0.1) is 6.42 Å². The zero-order valence-electron chi connectivity index (χ0n) is 5.55. The number of rotatable bonds is 1. The van der Waals surface area contributed by atoms with Crippen LogP contribution in [0.15, 0.2) is 28.7 Å². The Morgan fingerprint density at radius 3 is 2.60 bits per heavy atom. The van der Waals surface area contributed by atoms with Gasteiger partial charge in [0.1, 0.15) is 0 Å². The average molecular weight is 196 g/mol. The number of halogens is 1. The molecular formula is C9H8Br. The molecule has 0 heterocycles. The molecule has 1 fully saturated rings. The van der Waals surface area contributed by atoms with Crippen molar-refractivity contribution in [1.82, 2.24) is 0 Å². The van der Waals surface area contributed by atoms with E-state index in [1.807, 2.05) is 0 Å². The lowest BCUT2D eigenvalue weighted by Gasteiger charge is -1.98. The van der Waals surface area contributed by atoms with E-state index in [4.69, 9.17) is 0 Å². The Labute approximate surface area is 69.4 Å². The molecule has 0 N–H and O–H groups in total. The first-order valence-corrected chi connectivity index (χ1v) is 4.25. The summed E-state index contributed by atoms with van der Waals surface area (Å²) in [5, 5.41) is 0. The molecule has 0 amide bonds. The summed E-state index contributed by atoms with van der Waals surface area (Å²) in [4.78, 5) is 0. The average Bonchev–Trinajstić information content (AvgIpc) is 2.71. The van der Waals surface area contributed by atoms with Gasteiger partial charge < -0.3 is 0 Å². The molecule has 0 bridgehead atoms. The third-order valence-corrected chi connectivity index (χ3v) is 2.50. The van der Waals surface area contributed by atoms with Crippen LogP contribution < -0.4 is 0 Å². The molecule has 0 aliphatic heterocycles. The molecule has 1 atom stereocenters. The topological polar surface area (TPSA) is 0 Å². The molecule has 1 unspecified atom stereocenters. The van der Waals surface area contributed by atoms with Crippen LogP contribution in [0.2, 0.25) is 0 Å². The molecule has 1 aliphatic rings. The van der Waals surface area contributed by atoms with Crippen LogP contribution in [-0.2, 0) is 0 Å². The molecule has 1 aliphatic carbocycles. The fraction of sp³-hybridized carbons (Fsp3) is 0.222. The van der Waals surface area contributed by atoms with Crippen molar-refractivity contribution < 1.29 is 0 Å². The van der Waals surface area contributed by atoms with E-state index in [2.05, 4.69) is 46.6 Å². The maximum absolute atomic E-state index is 3.52. The third-order valence-electron chi connectivity index (χ3n) is 1.78. The van der Waals surface area contributed by atoms with Crippen molar-refractivity contribution in [3.05, 3.63) is 40.7 Å². The highest BCUT2D eigenvalue weighted by Gasteiger charge is 2.25. The standard InChI is InChI=1S/C9H8Br/c10-9-4-2-1-3-8(9)7-5-6-7/h1-5,7H,6H2. The predicted octanol–water partition coefficient (Wildman–Crippen LogP) is 3.14. The van der Waals surface area contributed by atoms with Gasteiger partial charge in [0.05, 0.1) is 0 Å². The van der Waals surface area contributed by atoms with E-state index in [-0.39, 0.29) is 0 Å². The first-order valence-electron chi connectivity index (χ1n) is 3.45. The Hall–Kier alpha value is -0.300. The maximum atomic E-state index is 3.52. The van der Waals surface area contributed by atoms with Crippen molar-refractivity contribution in [3.63, 3.8) is 0 Å². The minimum absolute atomic E-state index is 0.732. The van der Waals surface area contributed by atoms with E-state index in [0.29, 0.717) is 0 Å². The van der Waals surface area contributed by atoms with E-state index in [9.17, 15) is 0 Å². The van der Waals surface area contributed by atoms with Gasteiger partial charge in [0.2, 0.25) is 0 Å². The summed E-state index contributed by atoms with van der Waals surface area (Å²) in [6.45, 7) is 0. The summed E-state index contributed by atoms with van der Waals surface area (Å²) >= 11 is 3.52. The summed E-state index contributed by atoms with van der Waals surface area (Å²) < 4.78 is 1.24. The number of hydrogen-bond donors (Lipinski definition) is 0. The molecule has 0 nitrogen and oxygen atoms in total. The second-order valence-electron chi connectivity index (χ2n) is 2.60. The van der Waals surface area contributed by atoms with Gasteiger partial charge in [-0.05, 0) is 30.4 Å². The van der Waals surface area contributed by atoms with Crippen LogP contribution in [0.3, 0.4) is 0 Å². The second-order valence-corrected chi connectivity index (χ2v) is 3.45. The van der Waals surface area contributed by atoms with E-state index in [1.165, 1.54) is 16.5 Å². The van der Waals surface area contributed by atoms with Crippen LogP contribution in [-0.4, -0.2) is 0 Å². The van der Waals surface area contributed by atoms with Gasteiger partial charge >= 0.3 is 0 Å². The van der Waals surface area contributed by atoms with Gasteiger partial charge in [0.25, 0.3) is 0 Å². The first kappa shape index (κ1) is 6.41. The lowest BCUT2D eigenvalue weighted by atomic mass is 10.1. The molecule has 1 aromatic rings. The van der Waals surface area contributed by atoms with Crippen LogP contribution in [0.5, 0.6) is 0 Å². The monoisotopic (exact) mass is 195 g/mol. The van der Waals surface area contributed by atoms with Crippen LogP contribution >= 0.6 is 15.9 Å². The number of benzene rings is 1. The van der Waals surface area contributed by atoms with E-state index >= 15 is 0 Å². The van der Waals surface area contributed by atoms with Crippen molar-refractivity contribution in [1.29, 1.82) is 0 Å². The lowest BCUT2D eigenvalue weighted by Crippen LogP contribution is -1.78. The van der Waals surface area contributed by atoms with Crippen LogP contribution in [0.1, 0.15) is 17.9 Å². The smallest absolute Gasteiger partial charge is 0.0210 e. The van der Waals surface area contributed by atoms with Gasteiger partial charge in [-0.25, -0.2) is 0 Å². The Morgan fingerprint density at radius 2 is 2.00 bits per heavy atom. The molecule has 51 valence electrons. The molecule has 0 aromatic heterocycles. The van der Waals surface area contributed by atoms with Gasteiger partial charge in [-0.1, -0.05) is 34.1 Å². The molecular weight excluding hydrogens is 188 g/mol. The molecule has 1 heteroatoms. The van der Waals surface area contributed by atoms with Gasteiger partial charge in [-0.15, -0.1) is 0 Å². The van der Waals surface area contributed by atoms with Crippen molar-refractivity contribution >= 4 is 15.9 Å². The fourth-order valence-electron chi connectivity index (χ4n) is 1.10. The minimum Gasteiger partial charge on any atom is -0.0619 e. The highest BCUT2D eigenvalue weighted by Crippen LogP contribution is 2.41. The summed E-state index contributed by atoms with van der Waals surface area (Å²) in [6.07, 6.45) is 3.57. The Balaban J connectivity index is 2.39. The normalized spacial score (nSPS) is 17.3. The molecule has 0 spiro atoms. The molecule has 1 saturated carbocycles. The van der Waals surface area contributed by atoms with Crippen molar-refractivity contribution in [3.8, 4) is 0 Å². The van der Waals surface area contributed by atoms with E-state index < -0.39 is 0 Å². The summed E-state index contributed by atoms with van der Waals surface area (Å²) in [7, 11) is 0. The lowest BCUT2D eigenvalue weighted by molar-refractivity contribution is 1.15. The maximum Gasteiger partial charge on any atom is 0.0210 e. The molecule has 1 aromatic carbocycles. The van der Waals surface area contributed by atoms with Crippen molar-refractivity contribution in [2.45, 2.75) is 12.3 Å². The van der Waals surface area contributed by atoms with Gasteiger partial charge in [-0.3, -0.25) is 0 Å².